The van der Waals surface area contributed by atoms with Crippen LogP contribution < -0.4 is 5.32 Å². The van der Waals surface area contributed by atoms with Crippen LogP contribution in [0.4, 0.5) is 0 Å². The lowest BCUT2D eigenvalue weighted by Gasteiger charge is -2.01. The molecule has 1 aromatic rings. The summed E-state index contributed by atoms with van der Waals surface area (Å²) in [5, 5.41) is 11.8. The minimum Gasteiger partial charge on any atom is -0.393 e. The van der Waals surface area contributed by atoms with E-state index in [9.17, 15) is 0 Å². The second-order valence-electron chi connectivity index (χ2n) is 3.04. The summed E-state index contributed by atoms with van der Waals surface area (Å²) >= 11 is 0. The zero-order valence-electron chi connectivity index (χ0n) is 8.62. The van der Waals surface area contributed by atoms with E-state index in [1.54, 1.807) is 6.92 Å². The molecular weight excluding hydrogens is 162 g/mol. The van der Waals surface area contributed by atoms with Crippen molar-refractivity contribution in [1.82, 2.24) is 5.32 Å². The molecule has 1 unspecified atom stereocenters. The molecule has 2 nitrogen and oxygen atoms in total. The van der Waals surface area contributed by atoms with E-state index in [4.69, 9.17) is 5.11 Å². The van der Waals surface area contributed by atoms with Crippen molar-refractivity contribution in [1.29, 1.82) is 0 Å². The van der Waals surface area contributed by atoms with Crippen LogP contribution in [0.15, 0.2) is 30.3 Å². The molecule has 0 heterocycles. The van der Waals surface area contributed by atoms with Gasteiger partial charge in [-0.1, -0.05) is 30.3 Å². The Bertz CT molecular complexity index is 197. The Morgan fingerprint density at radius 1 is 1.23 bits per heavy atom. The standard InChI is InChI=1S/C9H12O.C2H7N/c1-8(10)7-9-5-3-2-4-6-9;1-3-2/h2-6,8,10H,7H2,1H3;3H,1-2H3. The van der Waals surface area contributed by atoms with Gasteiger partial charge < -0.3 is 10.4 Å². The summed E-state index contributed by atoms with van der Waals surface area (Å²) in [6, 6.07) is 9.99. The van der Waals surface area contributed by atoms with Crippen molar-refractivity contribution in [2.75, 3.05) is 14.1 Å². The Hall–Kier alpha value is -0.860. The van der Waals surface area contributed by atoms with E-state index >= 15 is 0 Å². The van der Waals surface area contributed by atoms with E-state index in [0.717, 1.165) is 6.42 Å². The molecule has 0 bridgehead atoms. The Morgan fingerprint density at radius 3 is 2.08 bits per heavy atom. The Kier molecular flexibility index (Phi) is 7.26. The van der Waals surface area contributed by atoms with Crippen LogP contribution in [0.1, 0.15) is 12.5 Å². The van der Waals surface area contributed by atoms with E-state index in [2.05, 4.69) is 5.32 Å². The van der Waals surface area contributed by atoms with Gasteiger partial charge in [0.2, 0.25) is 0 Å². The summed E-state index contributed by atoms with van der Waals surface area (Å²) in [6.45, 7) is 1.80. The van der Waals surface area contributed by atoms with Gasteiger partial charge in [0.05, 0.1) is 6.10 Å². The van der Waals surface area contributed by atoms with Crippen LogP contribution in [-0.4, -0.2) is 25.3 Å². The molecule has 74 valence electrons. The molecule has 0 aromatic heterocycles. The third-order valence-corrected chi connectivity index (χ3v) is 1.37. The average molecular weight is 181 g/mol. The Morgan fingerprint density at radius 2 is 1.69 bits per heavy atom. The molecule has 13 heavy (non-hydrogen) atoms. The van der Waals surface area contributed by atoms with Gasteiger partial charge in [-0.25, -0.2) is 0 Å². The molecule has 0 saturated carbocycles. The smallest absolute Gasteiger partial charge is 0.0552 e. The molecule has 0 fully saturated rings. The fourth-order valence-corrected chi connectivity index (χ4v) is 0.955. The number of rotatable bonds is 2. The van der Waals surface area contributed by atoms with Gasteiger partial charge in [-0.15, -0.1) is 0 Å². The molecule has 2 N–H and O–H groups in total. The van der Waals surface area contributed by atoms with Crippen LogP contribution in [0.2, 0.25) is 0 Å². The normalized spacial score (nSPS) is 11.4. The first kappa shape index (κ1) is 12.1. The molecular formula is C11H19NO. The highest BCUT2D eigenvalue weighted by molar-refractivity contribution is 5.15. The molecule has 2 heteroatoms. The summed E-state index contributed by atoms with van der Waals surface area (Å²) in [7, 11) is 3.75. The molecule has 0 amide bonds. The fourth-order valence-electron chi connectivity index (χ4n) is 0.955. The van der Waals surface area contributed by atoms with Crippen LogP contribution in [0.25, 0.3) is 0 Å². The monoisotopic (exact) mass is 181 g/mol. The summed E-state index contributed by atoms with van der Waals surface area (Å²) < 4.78 is 0. The van der Waals surface area contributed by atoms with E-state index in [-0.39, 0.29) is 6.10 Å². The highest BCUT2D eigenvalue weighted by Gasteiger charge is 1.95. The topological polar surface area (TPSA) is 32.3 Å². The van der Waals surface area contributed by atoms with Crippen LogP contribution in [0.3, 0.4) is 0 Å². The number of hydrogen-bond donors (Lipinski definition) is 2. The van der Waals surface area contributed by atoms with Crippen molar-refractivity contribution in [3.8, 4) is 0 Å². The molecule has 1 aromatic carbocycles. The SMILES string of the molecule is CC(O)Cc1ccccc1.CNC. The molecule has 0 saturated heterocycles. The zero-order chi connectivity index (χ0) is 10.1. The first-order valence-electron chi connectivity index (χ1n) is 4.51. The molecule has 0 spiro atoms. The van der Waals surface area contributed by atoms with Gasteiger partial charge in [0.15, 0.2) is 0 Å². The molecule has 0 aliphatic carbocycles. The van der Waals surface area contributed by atoms with Crippen molar-refractivity contribution in [2.45, 2.75) is 19.4 Å². The minimum absolute atomic E-state index is 0.234. The maximum atomic E-state index is 9.01. The number of aliphatic hydroxyl groups excluding tert-OH is 1. The van der Waals surface area contributed by atoms with Crippen LogP contribution in [-0.2, 0) is 6.42 Å². The third-order valence-electron chi connectivity index (χ3n) is 1.37. The van der Waals surface area contributed by atoms with Crippen molar-refractivity contribution in [3.05, 3.63) is 35.9 Å². The lowest BCUT2D eigenvalue weighted by molar-refractivity contribution is 0.195. The third kappa shape index (κ3) is 7.50. The van der Waals surface area contributed by atoms with E-state index in [1.807, 2.05) is 44.4 Å². The summed E-state index contributed by atoms with van der Waals surface area (Å²) in [5.74, 6) is 0. The first-order valence-corrected chi connectivity index (χ1v) is 4.51. The average Bonchev–Trinajstić information content (AvgIpc) is 2.06. The van der Waals surface area contributed by atoms with Gasteiger partial charge in [0.1, 0.15) is 0 Å². The van der Waals surface area contributed by atoms with Crippen molar-refractivity contribution in [2.24, 2.45) is 0 Å². The van der Waals surface area contributed by atoms with Gasteiger partial charge in [0, 0.05) is 0 Å². The number of aliphatic hydroxyl groups is 1. The van der Waals surface area contributed by atoms with Gasteiger partial charge >= 0.3 is 0 Å². The van der Waals surface area contributed by atoms with E-state index in [1.165, 1.54) is 5.56 Å². The van der Waals surface area contributed by atoms with Crippen LogP contribution in [0.5, 0.6) is 0 Å². The fraction of sp³-hybridized carbons (Fsp3) is 0.455. The molecule has 0 aliphatic heterocycles. The van der Waals surface area contributed by atoms with Crippen molar-refractivity contribution >= 4 is 0 Å². The lowest BCUT2D eigenvalue weighted by Crippen LogP contribution is -2.03. The van der Waals surface area contributed by atoms with E-state index < -0.39 is 0 Å². The highest BCUT2D eigenvalue weighted by atomic mass is 16.3. The zero-order valence-corrected chi connectivity index (χ0v) is 8.62. The molecule has 1 rings (SSSR count). The predicted octanol–water partition coefficient (Wildman–Crippen LogP) is 1.45. The summed E-state index contributed by atoms with van der Waals surface area (Å²) in [6.07, 6.45) is 0.517. The van der Waals surface area contributed by atoms with Crippen LogP contribution in [0, 0.1) is 0 Å². The molecule has 1 atom stereocenters. The largest absolute Gasteiger partial charge is 0.393 e. The maximum Gasteiger partial charge on any atom is 0.0552 e. The molecule has 0 radical (unpaired) electrons. The summed E-state index contributed by atoms with van der Waals surface area (Å²) in [4.78, 5) is 0. The number of benzene rings is 1. The minimum atomic E-state index is -0.234. The number of nitrogens with one attached hydrogen (secondary N) is 1. The van der Waals surface area contributed by atoms with Gasteiger partial charge in [-0.2, -0.15) is 0 Å². The Balaban J connectivity index is 0.000000424. The lowest BCUT2D eigenvalue weighted by atomic mass is 10.1. The quantitative estimate of drug-likeness (QED) is 0.723. The van der Waals surface area contributed by atoms with Gasteiger partial charge in [-0.3, -0.25) is 0 Å². The maximum absolute atomic E-state index is 9.01. The van der Waals surface area contributed by atoms with Crippen molar-refractivity contribution in [3.63, 3.8) is 0 Å². The van der Waals surface area contributed by atoms with Crippen molar-refractivity contribution < 1.29 is 5.11 Å². The second kappa shape index (κ2) is 7.77. The molecule has 0 aliphatic rings. The summed E-state index contributed by atoms with van der Waals surface area (Å²) in [5.41, 5.74) is 1.19. The predicted molar refractivity (Wildman–Crippen MR) is 56.8 cm³/mol. The van der Waals surface area contributed by atoms with E-state index in [0.29, 0.717) is 0 Å². The Labute approximate surface area is 80.6 Å². The highest BCUT2D eigenvalue weighted by Crippen LogP contribution is 2.01. The van der Waals surface area contributed by atoms with Crippen LogP contribution >= 0.6 is 0 Å². The first-order chi connectivity index (χ1) is 6.20. The van der Waals surface area contributed by atoms with Gasteiger partial charge in [-0.05, 0) is 33.0 Å². The number of hydrogen-bond acceptors (Lipinski definition) is 2. The second-order valence-corrected chi connectivity index (χ2v) is 3.04. The van der Waals surface area contributed by atoms with Gasteiger partial charge in [0.25, 0.3) is 0 Å².